The zero-order valence-corrected chi connectivity index (χ0v) is 35.2. The van der Waals surface area contributed by atoms with Crippen LogP contribution in [0.2, 0.25) is 4.63 Å². The van der Waals surface area contributed by atoms with Gasteiger partial charge in [-0.15, -0.1) is 24.8 Å². The molecule has 0 saturated carbocycles. The Morgan fingerprint density at radius 1 is 0.542 bits per heavy atom. The van der Waals surface area contributed by atoms with Crippen molar-refractivity contribution >= 4 is 41.0 Å². The first kappa shape index (κ1) is 36.8. The molecule has 0 radical (unpaired) electrons. The Morgan fingerprint density at radius 3 is 1.54 bits per heavy atom. The number of rotatable bonds is 4. The minimum absolute atomic E-state index is 0. The van der Waals surface area contributed by atoms with Crippen LogP contribution in [0.15, 0.2) is 121 Å². The quantitative estimate of drug-likeness (QED) is 0.160. The van der Waals surface area contributed by atoms with Crippen molar-refractivity contribution in [2.45, 2.75) is 71.2 Å². The van der Waals surface area contributed by atoms with Crippen LogP contribution in [0.5, 0.6) is 0 Å². The summed E-state index contributed by atoms with van der Waals surface area (Å²) >= 11 is -4.27. The van der Waals surface area contributed by atoms with Gasteiger partial charge in [0.05, 0.1) is 0 Å². The van der Waals surface area contributed by atoms with Crippen LogP contribution in [0, 0.1) is 0 Å². The molecule has 0 saturated heterocycles. The van der Waals surface area contributed by atoms with Crippen LogP contribution in [-0.4, -0.2) is 6.88 Å². The van der Waals surface area contributed by atoms with Crippen molar-refractivity contribution in [2.75, 3.05) is 0 Å². The van der Waals surface area contributed by atoms with E-state index in [1.54, 1.807) is 14.4 Å². The van der Waals surface area contributed by atoms with Crippen LogP contribution < -0.4 is 3.27 Å². The Kier molecular flexibility index (Phi) is 9.73. The van der Waals surface area contributed by atoms with Crippen LogP contribution in [-0.2, 0) is 28.2 Å². The van der Waals surface area contributed by atoms with Gasteiger partial charge in [0, 0.05) is 0 Å². The molecular weight excluding hydrogens is 719 g/mol. The average Bonchev–Trinajstić information content (AvgIpc) is 3.55. The maximum Gasteiger partial charge on any atom is -0.147 e. The van der Waals surface area contributed by atoms with Crippen LogP contribution in [0.4, 0.5) is 0 Å². The molecule has 5 aromatic rings. The van der Waals surface area contributed by atoms with Crippen molar-refractivity contribution in [3.05, 3.63) is 154 Å². The molecule has 2 aliphatic rings. The third kappa shape index (κ3) is 5.70. The average molecular weight is 769 g/mol. The summed E-state index contributed by atoms with van der Waals surface area (Å²) in [4.78, 5) is 0. The molecule has 7 rings (SSSR count). The van der Waals surface area contributed by atoms with Gasteiger partial charge in [-0.05, 0) is 0 Å². The van der Waals surface area contributed by atoms with Crippen molar-refractivity contribution in [1.82, 2.24) is 0 Å². The normalized spacial score (nSPS) is 15.9. The smallest absolute Gasteiger partial charge is 0.147 e. The second-order valence-corrected chi connectivity index (χ2v) is 42.9. The summed E-state index contributed by atoms with van der Waals surface area (Å²) in [6.07, 6.45) is 2.55. The van der Waals surface area contributed by atoms with Gasteiger partial charge in [-0.25, -0.2) is 0 Å². The van der Waals surface area contributed by atoms with Crippen molar-refractivity contribution in [3.8, 4) is 22.3 Å². The number of hydrogen-bond acceptors (Lipinski definition) is 0. The van der Waals surface area contributed by atoms with E-state index in [4.69, 9.17) is 0 Å². The number of hydrogen-bond donors (Lipinski definition) is 0. The largest absolute Gasteiger partial charge is 0.147 e. The van der Waals surface area contributed by atoms with Gasteiger partial charge < -0.3 is 0 Å². The van der Waals surface area contributed by atoms with E-state index in [2.05, 4.69) is 181 Å². The van der Waals surface area contributed by atoms with Gasteiger partial charge in [0.15, 0.2) is 0 Å². The van der Waals surface area contributed by atoms with E-state index >= 15 is 0 Å². The molecule has 2 aliphatic carbocycles. The fraction of sp³-hybridized carbons (Fsp3) is 0.273. The first-order chi connectivity index (χ1) is 21.7. The van der Waals surface area contributed by atoms with Gasteiger partial charge in [0.2, 0.25) is 0 Å². The fourth-order valence-electron chi connectivity index (χ4n) is 8.96. The van der Waals surface area contributed by atoms with Crippen molar-refractivity contribution in [2.24, 2.45) is 0 Å². The molecule has 0 nitrogen and oxygen atoms in total. The van der Waals surface area contributed by atoms with Crippen LogP contribution in [0.1, 0.15) is 89.1 Å². The number of benzene rings is 5. The molecule has 0 bridgehead atoms. The summed E-state index contributed by atoms with van der Waals surface area (Å²) < 4.78 is 5.15. The Bertz CT molecular complexity index is 2030. The van der Waals surface area contributed by atoms with E-state index in [9.17, 15) is 0 Å². The van der Waals surface area contributed by atoms with Crippen LogP contribution in [0.25, 0.3) is 28.3 Å². The predicted molar refractivity (Wildman–Crippen MR) is 214 cm³/mol. The Labute approximate surface area is 303 Å². The molecule has 1 atom stereocenters. The number of halogens is 2. The van der Waals surface area contributed by atoms with Gasteiger partial charge in [-0.1, -0.05) is 0 Å². The molecule has 0 N–H and O–H groups in total. The van der Waals surface area contributed by atoms with E-state index < -0.39 is 17.4 Å². The van der Waals surface area contributed by atoms with Gasteiger partial charge in [-0.2, -0.15) is 0 Å². The Hall–Kier alpha value is -2.48. The van der Waals surface area contributed by atoms with E-state index in [1.807, 2.05) is 0 Å². The van der Waals surface area contributed by atoms with E-state index in [1.165, 1.54) is 50.1 Å². The molecule has 0 heterocycles. The summed E-state index contributed by atoms with van der Waals surface area (Å²) in [5.41, 5.74) is 16.1. The van der Waals surface area contributed by atoms with Crippen LogP contribution >= 0.6 is 24.8 Å². The first-order valence-corrected chi connectivity index (χ1v) is 29.4. The number of allylic oxidation sites excluding steroid dienone is 1. The van der Waals surface area contributed by atoms with Crippen LogP contribution in [0.3, 0.4) is 0 Å². The molecule has 248 valence electrons. The van der Waals surface area contributed by atoms with Crippen molar-refractivity contribution in [3.63, 3.8) is 0 Å². The van der Waals surface area contributed by atoms with Gasteiger partial charge in [-0.3, -0.25) is 0 Å². The van der Waals surface area contributed by atoms with E-state index in [0.717, 1.165) is 0 Å². The first-order valence-electron chi connectivity index (χ1n) is 17.0. The molecule has 5 aromatic carbocycles. The second-order valence-electron chi connectivity index (χ2n) is 16.6. The molecule has 4 heteroatoms. The van der Waals surface area contributed by atoms with E-state index in [0.29, 0.717) is 7.25 Å². The summed E-state index contributed by atoms with van der Waals surface area (Å²) in [6.45, 7) is 19.0. The summed E-state index contributed by atoms with van der Waals surface area (Å²) in [6, 6.07) is 44.8. The Morgan fingerprint density at radius 2 is 1.04 bits per heavy atom. The topological polar surface area (TPSA) is 0 Å². The minimum Gasteiger partial charge on any atom is -0.147 e. The number of fused-ring (bicyclic) bond motifs is 4. The van der Waals surface area contributed by atoms with Gasteiger partial charge in [0.1, 0.15) is 0 Å². The standard InChI is InChI=1S/C21H25.C16H13.C6H5.CH3.2ClH.H2Si.Zr/c1-20(2,3)16-7-9-18-14(12-16)11-15-13-17(21(4,5)6)8-10-19(15)18;1-12-10-14-8-5-9-15(16(14)11-12)13-6-3-2-4-7-13;1-2-4-6-5-3-1;;;;;/h7-13H,1-6H3;2-11H,1H3;1-5H;1H3;2*1H;1H2;. The predicted octanol–water partition coefficient (Wildman–Crippen LogP) is 11.6. The molecule has 0 fully saturated rings. The minimum atomic E-state index is -4.27. The molecule has 0 aliphatic heterocycles. The van der Waals surface area contributed by atoms with Crippen molar-refractivity contribution < 1.29 is 17.4 Å². The summed E-state index contributed by atoms with van der Waals surface area (Å²) in [5, 5.41) is 0. The summed E-state index contributed by atoms with van der Waals surface area (Å²) in [7, 11) is 0. The fourth-order valence-corrected chi connectivity index (χ4v) is 32.9. The molecule has 1 unspecified atom stereocenters. The monoisotopic (exact) mass is 766 g/mol. The van der Waals surface area contributed by atoms with Gasteiger partial charge in [0.25, 0.3) is 0 Å². The third-order valence-electron chi connectivity index (χ3n) is 11.3. The molecule has 0 aromatic heterocycles. The zero-order valence-electron chi connectivity index (χ0n) is 29.7. The molecular formula is C44H50Cl2SiZr. The molecule has 0 amide bonds. The molecule has 48 heavy (non-hydrogen) atoms. The third-order valence-corrected chi connectivity index (χ3v) is 34.8. The zero-order chi connectivity index (χ0) is 32.7. The van der Waals surface area contributed by atoms with E-state index in [-0.39, 0.29) is 35.6 Å². The SMILES string of the molecule is CC1=Cc2c(-c3ccccc3)cccc2[CH]1[Zr]([CH3])(=[SiH2])([c]1ccccc1)[CH]1c2cc(C(C)(C)C)ccc2-c2ccc(C(C)(C)C)cc21.Cl.Cl. The maximum absolute atomic E-state index is 4.27. The maximum atomic E-state index is 2.80. The van der Waals surface area contributed by atoms with Crippen molar-refractivity contribution in [1.29, 1.82) is 0 Å². The summed E-state index contributed by atoms with van der Waals surface area (Å²) in [5.74, 6) is 0. The Balaban J connectivity index is 0.00000225. The van der Waals surface area contributed by atoms with Gasteiger partial charge >= 0.3 is 281 Å². The second kappa shape index (κ2) is 12.7. The molecule has 0 spiro atoms.